The molecule has 0 fully saturated rings. The number of aromatic nitrogens is 1. The van der Waals surface area contributed by atoms with Crippen molar-refractivity contribution in [2.45, 2.75) is 6.54 Å². The number of methoxy groups -OCH3 is 1. The third-order valence-corrected chi connectivity index (χ3v) is 3.95. The van der Waals surface area contributed by atoms with Gasteiger partial charge in [0, 0.05) is 25.7 Å². The van der Waals surface area contributed by atoms with E-state index in [0.717, 1.165) is 16.8 Å². The molecule has 0 saturated heterocycles. The standard InChI is InChI=1S/C18H19N3O4/c1-21-14-7-8-25-16(14)9-15(21)18(23)20-11-17(22)19-10-12-3-5-13(24-2)6-4-12/h3-9H,10-11H2,1-2H3,(H,19,22)(H,20,23). The smallest absolute Gasteiger partial charge is 0.268 e. The first kappa shape index (κ1) is 16.6. The molecule has 2 N–H and O–H groups in total. The summed E-state index contributed by atoms with van der Waals surface area (Å²) >= 11 is 0. The van der Waals surface area contributed by atoms with Gasteiger partial charge in [-0.2, -0.15) is 0 Å². The van der Waals surface area contributed by atoms with Crippen molar-refractivity contribution in [1.82, 2.24) is 15.2 Å². The first-order chi connectivity index (χ1) is 12.1. The molecule has 3 rings (SSSR count). The van der Waals surface area contributed by atoms with Gasteiger partial charge in [0.05, 0.1) is 25.4 Å². The van der Waals surface area contributed by atoms with Crippen molar-refractivity contribution in [1.29, 1.82) is 0 Å². The fourth-order valence-corrected chi connectivity index (χ4v) is 2.53. The molecule has 0 aliphatic heterocycles. The van der Waals surface area contributed by atoms with Crippen LogP contribution in [0.15, 0.2) is 47.1 Å². The molecule has 1 aromatic carbocycles. The third kappa shape index (κ3) is 3.65. The van der Waals surface area contributed by atoms with Crippen molar-refractivity contribution >= 4 is 22.9 Å². The average molecular weight is 341 g/mol. The van der Waals surface area contributed by atoms with Gasteiger partial charge in [0.25, 0.3) is 5.91 Å². The van der Waals surface area contributed by atoms with E-state index >= 15 is 0 Å². The zero-order chi connectivity index (χ0) is 17.8. The zero-order valence-electron chi connectivity index (χ0n) is 14.0. The van der Waals surface area contributed by atoms with Gasteiger partial charge in [0.1, 0.15) is 11.4 Å². The van der Waals surface area contributed by atoms with Crippen LogP contribution in [0.3, 0.4) is 0 Å². The second-order valence-electron chi connectivity index (χ2n) is 5.57. The molecule has 0 spiro atoms. The van der Waals surface area contributed by atoms with Gasteiger partial charge < -0.3 is 24.4 Å². The van der Waals surface area contributed by atoms with E-state index in [1.165, 1.54) is 0 Å². The van der Waals surface area contributed by atoms with Crippen LogP contribution in [0.25, 0.3) is 11.1 Å². The van der Waals surface area contributed by atoms with Gasteiger partial charge in [-0.3, -0.25) is 9.59 Å². The average Bonchev–Trinajstić information content (AvgIpc) is 3.21. The van der Waals surface area contributed by atoms with Gasteiger partial charge in [0.15, 0.2) is 5.58 Å². The summed E-state index contributed by atoms with van der Waals surface area (Å²) in [6.45, 7) is 0.289. The van der Waals surface area contributed by atoms with Gasteiger partial charge in [-0.1, -0.05) is 12.1 Å². The Labute approximate surface area is 144 Å². The van der Waals surface area contributed by atoms with E-state index in [9.17, 15) is 9.59 Å². The first-order valence-corrected chi connectivity index (χ1v) is 7.79. The normalized spacial score (nSPS) is 10.6. The van der Waals surface area contributed by atoms with Crippen LogP contribution in [-0.2, 0) is 18.4 Å². The molecule has 0 radical (unpaired) electrons. The maximum Gasteiger partial charge on any atom is 0.268 e. The number of ether oxygens (including phenoxy) is 1. The molecule has 7 heteroatoms. The molecule has 130 valence electrons. The highest BCUT2D eigenvalue weighted by atomic mass is 16.5. The molecule has 0 saturated carbocycles. The molecule has 0 unspecified atom stereocenters. The van der Waals surface area contributed by atoms with E-state index in [0.29, 0.717) is 17.8 Å². The first-order valence-electron chi connectivity index (χ1n) is 7.79. The molecule has 0 aliphatic rings. The van der Waals surface area contributed by atoms with Gasteiger partial charge in [-0.05, 0) is 17.7 Å². The molecule has 2 aromatic heterocycles. The lowest BCUT2D eigenvalue weighted by atomic mass is 10.2. The summed E-state index contributed by atoms with van der Waals surface area (Å²) in [5, 5.41) is 5.37. The largest absolute Gasteiger partial charge is 0.497 e. The Balaban J connectivity index is 1.50. The van der Waals surface area contributed by atoms with Gasteiger partial charge in [0.2, 0.25) is 5.91 Å². The summed E-state index contributed by atoms with van der Waals surface area (Å²) < 4.78 is 12.1. The number of amides is 2. The van der Waals surface area contributed by atoms with Crippen molar-refractivity contribution in [3.63, 3.8) is 0 Å². The number of hydrogen-bond acceptors (Lipinski definition) is 4. The summed E-state index contributed by atoms with van der Waals surface area (Å²) in [5.41, 5.74) is 2.85. The van der Waals surface area contributed by atoms with Crippen LogP contribution in [0.5, 0.6) is 5.75 Å². The summed E-state index contributed by atoms with van der Waals surface area (Å²) in [6.07, 6.45) is 1.57. The monoisotopic (exact) mass is 341 g/mol. The van der Waals surface area contributed by atoms with Crippen molar-refractivity contribution in [2.75, 3.05) is 13.7 Å². The Morgan fingerprint density at radius 2 is 1.92 bits per heavy atom. The number of nitrogens with zero attached hydrogens (tertiary/aromatic N) is 1. The van der Waals surface area contributed by atoms with Crippen molar-refractivity contribution < 1.29 is 18.7 Å². The Morgan fingerprint density at radius 1 is 1.16 bits per heavy atom. The minimum absolute atomic E-state index is 0.0957. The maximum atomic E-state index is 12.2. The number of benzene rings is 1. The van der Waals surface area contributed by atoms with Crippen LogP contribution >= 0.6 is 0 Å². The van der Waals surface area contributed by atoms with Crippen LogP contribution in [0.4, 0.5) is 0 Å². The number of carbonyl (C=O) groups is 2. The van der Waals surface area contributed by atoms with Gasteiger partial charge in [-0.15, -0.1) is 0 Å². The fourth-order valence-electron chi connectivity index (χ4n) is 2.53. The van der Waals surface area contributed by atoms with Crippen LogP contribution in [-0.4, -0.2) is 30.0 Å². The maximum absolute atomic E-state index is 12.2. The highest BCUT2D eigenvalue weighted by Gasteiger charge is 2.15. The lowest BCUT2D eigenvalue weighted by Gasteiger charge is -2.08. The van der Waals surface area contributed by atoms with Gasteiger partial charge in [-0.25, -0.2) is 0 Å². The van der Waals surface area contributed by atoms with Crippen LogP contribution in [0, 0.1) is 0 Å². The third-order valence-electron chi connectivity index (χ3n) is 3.95. The fraction of sp³-hybridized carbons (Fsp3) is 0.222. The lowest BCUT2D eigenvalue weighted by Crippen LogP contribution is -2.37. The number of carbonyl (C=O) groups excluding carboxylic acids is 2. The van der Waals surface area contributed by atoms with E-state index in [1.807, 2.05) is 24.3 Å². The molecule has 2 heterocycles. The topological polar surface area (TPSA) is 85.5 Å². The number of fused-ring (bicyclic) bond motifs is 1. The van der Waals surface area contributed by atoms with Crippen LogP contribution < -0.4 is 15.4 Å². The Hall–Kier alpha value is -3.22. The Kier molecular flexibility index (Phi) is 4.74. The molecule has 0 aliphatic carbocycles. The Morgan fingerprint density at radius 3 is 2.60 bits per heavy atom. The highest BCUT2D eigenvalue weighted by molar-refractivity contribution is 5.99. The number of rotatable bonds is 6. The highest BCUT2D eigenvalue weighted by Crippen LogP contribution is 2.19. The summed E-state index contributed by atoms with van der Waals surface area (Å²) in [5.74, 6) is 0.172. The molecule has 2 amide bonds. The molecule has 3 aromatic rings. The SMILES string of the molecule is COc1ccc(CNC(=O)CNC(=O)c2cc3occc3n2C)cc1. The molecule has 7 nitrogen and oxygen atoms in total. The number of furan rings is 1. The zero-order valence-corrected chi connectivity index (χ0v) is 14.0. The van der Waals surface area contributed by atoms with E-state index in [2.05, 4.69) is 10.6 Å². The van der Waals surface area contributed by atoms with E-state index < -0.39 is 0 Å². The van der Waals surface area contributed by atoms with E-state index in [4.69, 9.17) is 9.15 Å². The van der Waals surface area contributed by atoms with E-state index in [1.54, 1.807) is 37.1 Å². The molecule has 0 atom stereocenters. The summed E-state index contributed by atoms with van der Waals surface area (Å²) in [6, 6.07) is 10.8. The quantitative estimate of drug-likeness (QED) is 0.716. The predicted octanol–water partition coefficient (Wildman–Crippen LogP) is 1.83. The summed E-state index contributed by atoms with van der Waals surface area (Å²) in [4.78, 5) is 24.1. The second kappa shape index (κ2) is 7.12. The van der Waals surface area contributed by atoms with Crippen molar-refractivity contribution in [2.24, 2.45) is 7.05 Å². The number of nitrogens with one attached hydrogen (secondary N) is 2. The number of aryl methyl sites for hydroxylation is 1. The van der Waals surface area contributed by atoms with Gasteiger partial charge >= 0.3 is 0 Å². The molecule has 25 heavy (non-hydrogen) atoms. The van der Waals surface area contributed by atoms with Crippen molar-refractivity contribution in [3.05, 3.63) is 53.9 Å². The van der Waals surface area contributed by atoms with Crippen molar-refractivity contribution in [3.8, 4) is 5.75 Å². The van der Waals surface area contributed by atoms with E-state index in [-0.39, 0.29) is 18.4 Å². The minimum Gasteiger partial charge on any atom is -0.497 e. The molecule has 0 bridgehead atoms. The summed E-state index contributed by atoms with van der Waals surface area (Å²) in [7, 11) is 3.37. The Bertz CT molecular complexity index is 893. The van der Waals surface area contributed by atoms with Crippen LogP contribution in [0.1, 0.15) is 16.1 Å². The molecular weight excluding hydrogens is 322 g/mol. The second-order valence-corrected chi connectivity index (χ2v) is 5.57. The minimum atomic E-state index is -0.325. The lowest BCUT2D eigenvalue weighted by molar-refractivity contribution is -0.120. The molecular formula is C18H19N3O4. The van der Waals surface area contributed by atoms with Crippen LogP contribution in [0.2, 0.25) is 0 Å². The predicted molar refractivity (Wildman–Crippen MR) is 92.4 cm³/mol. The number of hydrogen-bond donors (Lipinski definition) is 2.